The zero-order chi connectivity index (χ0) is 101. The van der Waals surface area contributed by atoms with E-state index in [2.05, 4.69) is 140 Å². The lowest BCUT2D eigenvalue weighted by Gasteiger charge is -2.24. The summed E-state index contributed by atoms with van der Waals surface area (Å²) in [5.74, 6) is 5.97. The zero-order valence-corrected chi connectivity index (χ0v) is 84.9. The summed E-state index contributed by atoms with van der Waals surface area (Å²) in [6.45, 7) is 43.1. The van der Waals surface area contributed by atoms with Gasteiger partial charge in [-0.2, -0.15) is 0 Å². The summed E-state index contributed by atoms with van der Waals surface area (Å²) in [4.78, 5) is 46.4. The molecule has 13 rings (SSSR count). The third-order valence-corrected chi connectivity index (χ3v) is 24.7. The lowest BCUT2D eigenvalue weighted by Crippen LogP contribution is -2.13. The van der Waals surface area contributed by atoms with Crippen LogP contribution in [0.4, 0.5) is 17.6 Å². The van der Waals surface area contributed by atoms with Gasteiger partial charge in [-0.1, -0.05) is 211 Å². The van der Waals surface area contributed by atoms with Crippen molar-refractivity contribution in [1.29, 1.82) is 0 Å². The average molecular weight is 1880 g/mol. The highest BCUT2D eigenvalue weighted by molar-refractivity contribution is 5.80. The van der Waals surface area contributed by atoms with Crippen LogP contribution in [0.25, 0.3) is 44.5 Å². The van der Waals surface area contributed by atoms with Gasteiger partial charge >= 0.3 is 0 Å². The summed E-state index contributed by atoms with van der Waals surface area (Å²) in [6, 6.07) is 75.1. The molecule has 12 nitrogen and oxygen atoms in total. The molecule has 12 aromatic rings. The van der Waals surface area contributed by atoms with E-state index < -0.39 is 0 Å². The summed E-state index contributed by atoms with van der Waals surface area (Å²) in [5, 5.41) is 0. The third kappa shape index (κ3) is 31.1. The van der Waals surface area contributed by atoms with Gasteiger partial charge in [0.1, 0.15) is 119 Å². The number of rotatable bonds is 37. The molecule has 730 valence electrons. The second-order valence-electron chi connectivity index (χ2n) is 40.0. The Morgan fingerprint density at radius 3 is 0.755 bits per heavy atom. The standard InChI is InChI=1S/C32H37FO3.C31H35FO3.2C30H33FO3/c1-7-8-9-25(18-22(2)34)24-11-13-26(14-12-24)36-21-23-10-16-30(32(3,4)5)28(19-23)29-20-27(35-6)15-17-31(29)33;1-20(33)16-26(22-7-8-22)23-9-11-24(12-10-23)35-19-21-6-14-29(31(2,3)4)27(17-21)28-18-25(34-5)13-15-30(28)32;2*1-7-22(16-20(2)32)23-9-11-24(12-10-23)34-19-21-8-14-28(30(3,4)5)26(17-21)27-18-25(33-6)13-15-29(27)31/h8-17,19-20,25H,7,18,21H2,1-6H3;6,9-15,17-18,22,26H,7-8,16,19H2,1-5H3;2*7-15,17-18,22H,1,16,19H2,2-6H3/b9-8+;;;/t25-;26-;2*22-/m1010/s1. The molecule has 0 N–H and O–H groups in total. The first-order valence-electron chi connectivity index (χ1n) is 47.7. The number of allylic oxidation sites excluding steroid dienone is 4. The van der Waals surface area contributed by atoms with E-state index in [-0.39, 0.29) is 85.8 Å². The van der Waals surface area contributed by atoms with Crippen molar-refractivity contribution in [2.75, 3.05) is 28.4 Å². The topological polar surface area (TPSA) is 142 Å². The van der Waals surface area contributed by atoms with Crippen molar-refractivity contribution >= 4 is 23.1 Å². The molecule has 0 unspecified atom stereocenters. The quantitative estimate of drug-likeness (QED) is 0.0270. The van der Waals surface area contributed by atoms with E-state index in [1.807, 2.05) is 146 Å². The fourth-order valence-electron chi connectivity index (χ4n) is 17.1. The minimum Gasteiger partial charge on any atom is -0.497 e. The van der Waals surface area contributed by atoms with Gasteiger partial charge in [0.2, 0.25) is 0 Å². The van der Waals surface area contributed by atoms with Crippen LogP contribution >= 0.6 is 0 Å². The molecule has 1 aliphatic carbocycles. The summed E-state index contributed by atoms with van der Waals surface area (Å²) < 4.78 is 105. The number of Topliss-reactive ketones (excluding diaryl/α,β-unsaturated/α-hetero) is 4. The minimum absolute atomic E-state index is 0.00295. The van der Waals surface area contributed by atoms with Gasteiger partial charge in [-0.3, -0.25) is 14.4 Å². The zero-order valence-electron chi connectivity index (χ0n) is 84.9. The van der Waals surface area contributed by atoms with Crippen LogP contribution in [0.1, 0.15) is 253 Å². The average Bonchev–Trinajstić information content (AvgIpc) is 1.63. The van der Waals surface area contributed by atoms with Gasteiger partial charge < -0.3 is 42.7 Å². The van der Waals surface area contributed by atoms with Crippen molar-refractivity contribution in [2.45, 2.75) is 234 Å². The van der Waals surface area contributed by atoms with Gasteiger partial charge in [0.05, 0.1) is 28.4 Å². The highest BCUT2D eigenvalue weighted by Crippen LogP contribution is 2.47. The molecular weight excluding hydrogens is 1750 g/mol. The Balaban J connectivity index is 0.000000191. The molecule has 0 amide bonds. The second kappa shape index (κ2) is 49.3. The SMILES string of the molecule is C=C[C@@H](CC(C)=O)c1ccc(OCc2ccc(C(C)(C)C)c(-c3cc(OC)ccc3F)c2)cc1.C=C[C@H](CC(C)=O)c1ccc(OCc2ccc(C(C)(C)C)c(-c3cc(OC)ccc3F)c2)cc1.CC/C=C/[C@H](CC(C)=O)c1ccc(OCc2ccc(C(C)(C)C)c(-c3cc(OC)ccc3F)c2)cc1.COc1ccc(F)c(-c2cc(COc3ccc([C@@H](CC(C)=O)C4CC4)cc3)ccc2C(C)(C)C)c1. The van der Waals surface area contributed by atoms with Crippen LogP contribution in [-0.4, -0.2) is 51.6 Å². The number of hydrogen-bond acceptors (Lipinski definition) is 12. The van der Waals surface area contributed by atoms with Crippen molar-refractivity contribution in [1.82, 2.24) is 0 Å². The molecule has 12 aromatic carbocycles. The number of ether oxygens (including phenoxy) is 8. The monoisotopic (exact) mass is 1880 g/mol. The number of benzene rings is 12. The van der Waals surface area contributed by atoms with Crippen LogP contribution < -0.4 is 37.9 Å². The van der Waals surface area contributed by atoms with Gasteiger partial charge in [-0.05, 0) is 315 Å². The molecule has 1 aliphatic rings. The molecule has 16 heteroatoms. The van der Waals surface area contributed by atoms with Crippen LogP contribution in [0.2, 0.25) is 0 Å². The maximum absolute atomic E-state index is 14.9. The molecule has 0 aromatic heterocycles. The number of hydrogen-bond donors (Lipinski definition) is 0. The van der Waals surface area contributed by atoms with E-state index in [1.54, 1.807) is 117 Å². The predicted molar refractivity (Wildman–Crippen MR) is 556 cm³/mol. The number of methoxy groups -OCH3 is 4. The first kappa shape index (κ1) is 108. The highest BCUT2D eigenvalue weighted by Gasteiger charge is 2.34. The molecule has 0 spiro atoms. The van der Waals surface area contributed by atoms with Gasteiger partial charge in [0.25, 0.3) is 0 Å². The molecule has 4 atom stereocenters. The Hall–Kier alpha value is -13.3. The van der Waals surface area contributed by atoms with Crippen LogP contribution in [-0.2, 0) is 67.3 Å². The summed E-state index contributed by atoms with van der Waals surface area (Å²) in [6.07, 6.45) is 13.1. The summed E-state index contributed by atoms with van der Waals surface area (Å²) in [7, 11) is 6.33. The number of ketones is 4. The Labute approximate surface area is 822 Å². The first-order valence-corrected chi connectivity index (χ1v) is 47.7. The van der Waals surface area contributed by atoms with E-state index in [0.717, 1.165) is 113 Å². The Morgan fingerprint density at radius 2 is 0.540 bits per heavy atom. The number of carbonyl (C=O) groups is 4. The molecule has 0 bridgehead atoms. The van der Waals surface area contributed by atoms with Gasteiger partial charge in [0.15, 0.2) is 0 Å². The Kier molecular flexibility index (Phi) is 38.2. The second-order valence-corrected chi connectivity index (χ2v) is 40.0. The Bertz CT molecular complexity index is 6030. The fraction of sp³-hybridized carbons (Fsp3) is 0.333. The molecule has 1 saturated carbocycles. The minimum atomic E-state index is -0.290. The lowest BCUT2D eigenvalue weighted by molar-refractivity contribution is -0.118. The molecule has 0 saturated heterocycles. The van der Waals surface area contributed by atoms with Crippen molar-refractivity contribution in [2.24, 2.45) is 5.92 Å². The maximum atomic E-state index is 14.9. The third-order valence-electron chi connectivity index (χ3n) is 24.7. The Morgan fingerprint density at radius 1 is 0.309 bits per heavy atom. The van der Waals surface area contributed by atoms with Crippen molar-refractivity contribution in [3.8, 4) is 90.5 Å². The summed E-state index contributed by atoms with van der Waals surface area (Å²) in [5.41, 5.74) is 17.1. The van der Waals surface area contributed by atoms with Gasteiger partial charge in [-0.15, -0.1) is 13.2 Å². The number of carbonyl (C=O) groups excluding carboxylic acids is 4. The summed E-state index contributed by atoms with van der Waals surface area (Å²) >= 11 is 0. The number of halogens is 4. The van der Waals surface area contributed by atoms with E-state index in [1.165, 1.54) is 42.7 Å². The van der Waals surface area contributed by atoms with Crippen molar-refractivity contribution < 1.29 is 74.6 Å². The van der Waals surface area contributed by atoms with Crippen LogP contribution in [0.5, 0.6) is 46.0 Å². The predicted octanol–water partition coefficient (Wildman–Crippen LogP) is 31.5. The van der Waals surface area contributed by atoms with Crippen LogP contribution in [0.3, 0.4) is 0 Å². The highest BCUT2D eigenvalue weighted by atomic mass is 19.1. The van der Waals surface area contributed by atoms with E-state index >= 15 is 0 Å². The molecule has 0 aliphatic heterocycles. The molecule has 139 heavy (non-hydrogen) atoms. The van der Waals surface area contributed by atoms with E-state index in [0.29, 0.717) is 109 Å². The maximum Gasteiger partial charge on any atom is 0.131 e. The lowest BCUT2D eigenvalue weighted by atomic mass is 9.81. The van der Waals surface area contributed by atoms with Gasteiger partial charge in [-0.25, -0.2) is 17.6 Å². The molecule has 0 heterocycles. The largest absolute Gasteiger partial charge is 0.497 e. The van der Waals surface area contributed by atoms with Crippen molar-refractivity contribution in [3.63, 3.8) is 0 Å². The van der Waals surface area contributed by atoms with E-state index in [9.17, 15) is 36.7 Å². The fourth-order valence-corrected chi connectivity index (χ4v) is 17.1. The molecule has 0 radical (unpaired) electrons. The van der Waals surface area contributed by atoms with Crippen LogP contribution in [0.15, 0.2) is 280 Å². The van der Waals surface area contributed by atoms with Crippen LogP contribution in [0, 0.1) is 29.2 Å². The van der Waals surface area contributed by atoms with Crippen molar-refractivity contribution in [3.05, 3.63) is 370 Å². The molecular formula is C123H138F4O12. The first-order chi connectivity index (χ1) is 66.0. The molecule has 1 fully saturated rings. The smallest absolute Gasteiger partial charge is 0.131 e. The van der Waals surface area contributed by atoms with E-state index in [4.69, 9.17) is 37.9 Å². The van der Waals surface area contributed by atoms with Gasteiger partial charge in [0, 0.05) is 65.7 Å². The normalized spacial score (nSPS) is 12.8.